The molecular weight excluding hydrogens is 336 g/mol. The highest BCUT2D eigenvalue weighted by Gasteiger charge is 2.21. The number of carbonyl (C=O) groups excluding carboxylic acids is 1. The number of rotatable bonds is 2. The van der Waals surface area contributed by atoms with E-state index in [-0.39, 0.29) is 6.03 Å². The average molecular weight is 355 g/mol. The van der Waals surface area contributed by atoms with E-state index in [0.717, 1.165) is 29.4 Å². The summed E-state index contributed by atoms with van der Waals surface area (Å²) in [6, 6.07) is 14.8. The van der Waals surface area contributed by atoms with Crippen LogP contribution in [-0.4, -0.2) is 37.1 Å². The van der Waals surface area contributed by atoms with E-state index in [2.05, 4.69) is 22.4 Å². The maximum Gasteiger partial charge on any atom is 0.321 e. The van der Waals surface area contributed by atoms with E-state index in [1.807, 2.05) is 19.1 Å². The van der Waals surface area contributed by atoms with Gasteiger partial charge in [-0.15, -0.1) is 0 Å². The number of piperazine rings is 1. The van der Waals surface area contributed by atoms with Gasteiger partial charge in [-0.25, -0.2) is 4.79 Å². The first-order chi connectivity index (χ1) is 12.1. The normalized spacial score (nSPS) is 14.1. The SMILES string of the molecule is Cc1ccc(N2CCN(C(=O)Nc3ccc(C#N)cc3)CC2)cc1Cl. The minimum atomic E-state index is -0.119. The fraction of sp³-hybridized carbons (Fsp3) is 0.263. The molecule has 128 valence electrons. The van der Waals surface area contributed by atoms with Crippen molar-refractivity contribution in [1.82, 2.24) is 4.90 Å². The molecule has 6 heteroatoms. The number of amides is 2. The average Bonchev–Trinajstić information content (AvgIpc) is 2.65. The smallest absolute Gasteiger partial charge is 0.321 e. The van der Waals surface area contributed by atoms with Crippen LogP contribution in [0.5, 0.6) is 0 Å². The van der Waals surface area contributed by atoms with Crippen molar-refractivity contribution in [2.75, 3.05) is 36.4 Å². The molecule has 2 aromatic rings. The zero-order chi connectivity index (χ0) is 17.8. The van der Waals surface area contributed by atoms with E-state index in [1.54, 1.807) is 29.2 Å². The van der Waals surface area contributed by atoms with Crippen LogP contribution in [0.1, 0.15) is 11.1 Å². The lowest BCUT2D eigenvalue weighted by atomic mass is 10.2. The second-order valence-electron chi connectivity index (χ2n) is 6.03. The predicted octanol–water partition coefficient (Wildman–Crippen LogP) is 3.87. The van der Waals surface area contributed by atoms with Crippen molar-refractivity contribution in [1.29, 1.82) is 5.26 Å². The quantitative estimate of drug-likeness (QED) is 0.890. The van der Waals surface area contributed by atoms with Gasteiger partial charge in [0.05, 0.1) is 11.6 Å². The first kappa shape index (κ1) is 17.1. The van der Waals surface area contributed by atoms with Crippen LogP contribution >= 0.6 is 11.6 Å². The van der Waals surface area contributed by atoms with Gasteiger partial charge in [0, 0.05) is 42.6 Å². The third kappa shape index (κ3) is 4.04. The van der Waals surface area contributed by atoms with Crippen LogP contribution in [0.15, 0.2) is 42.5 Å². The summed E-state index contributed by atoms with van der Waals surface area (Å²) in [6.07, 6.45) is 0. The van der Waals surface area contributed by atoms with Gasteiger partial charge in [0.1, 0.15) is 0 Å². The van der Waals surface area contributed by atoms with Gasteiger partial charge in [-0.2, -0.15) is 5.26 Å². The first-order valence-corrected chi connectivity index (χ1v) is 8.52. The Kier molecular flexibility index (Phi) is 5.11. The van der Waals surface area contributed by atoms with E-state index >= 15 is 0 Å². The Morgan fingerprint density at radius 2 is 1.80 bits per heavy atom. The third-order valence-corrected chi connectivity index (χ3v) is 4.76. The number of urea groups is 1. The summed E-state index contributed by atoms with van der Waals surface area (Å²) in [4.78, 5) is 16.4. The molecule has 1 aliphatic heterocycles. The Balaban J connectivity index is 1.56. The molecule has 0 bridgehead atoms. The van der Waals surface area contributed by atoms with Crippen molar-refractivity contribution in [3.63, 3.8) is 0 Å². The van der Waals surface area contributed by atoms with E-state index < -0.39 is 0 Å². The number of nitriles is 1. The maximum absolute atomic E-state index is 12.4. The van der Waals surface area contributed by atoms with Crippen molar-refractivity contribution in [3.8, 4) is 6.07 Å². The number of carbonyl (C=O) groups is 1. The predicted molar refractivity (Wildman–Crippen MR) is 100 cm³/mol. The van der Waals surface area contributed by atoms with Gasteiger partial charge < -0.3 is 15.1 Å². The number of halogens is 1. The van der Waals surface area contributed by atoms with Gasteiger partial charge >= 0.3 is 6.03 Å². The Morgan fingerprint density at radius 3 is 2.40 bits per heavy atom. The van der Waals surface area contributed by atoms with Crippen LogP contribution in [-0.2, 0) is 0 Å². The van der Waals surface area contributed by atoms with Crippen LogP contribution in [0.4, 0.5) is 16.2 Å². The van der Waals surface area contributed by atoms with Gasteiger partial charge in [-0.3, -0.25) is 0 Å². The third-order valence-electron chi connectivity index (χ3n) is 4.35. The van der Waals surface area contributed by atoms with E-state index in [1.165, 1.54) is 0 Å². The van der Waals surface area contributed by atoms with Gasteiger partial charge in [0.2, 0.25) is 0 Å². The highest BCUT2D eigenvalue weighted by atomic mass is 35.5. The standard InChI is InChI=1S/C19H19ClN4O/c1-14-2-7-17(12-18(14)20)23-8-10-24(11-9-23)19(25)22-16-5-3-15(13-21)4-6-16/h2-7,12H,8-11H2,1H3,(H,22,25). The second kappa shape index (κ2) is 7.45. The molecule has 3 rings (SSSR count). The van der Waals surface area contributed by atoms with Crippen molar-refractivity contribution in [2.45, 2.75) is 6.92 Å². The number of anilines is 2. The molecule has 0 radical (unpaired) electrons. The second-order valence-corrected chi connectivity index (χ2v) is 6.43. The van der Waals surface area contributed by atoms with Crippen LogP contribution in [0, 0.1) is 18.3 Å². The lowest BCUT2D eigenvalue weighted by Gasteiger charge is -2.36. The largest absolute Gasteiger partial charge is 0.368 e. The summed E-state index contributed by atoms with van der Waals surface area (Å²) in [5.74, 6) is 0. The molecular formula is C19H19ClN4O. The van der Waals surface area contributed by atoms with Gasteiger partial charge in [0.15, 0.2) is 0 Å². The highest BCUT2D eigenvalue weighted by molar-refractivity contribution is 6.31. The lowest BCUT2D eigenvalue weighted by Crippen LogP contribution is -2.50. The number of aryl methyl sites for hydroxylation is 1. The molecule has 1 fully saturated rings. The van der Waals surface area contributed by atoms with Crippen LogP contribution < -0.4 is 10.2 Å². The summed E-state index contributed by atoms with van der Waals surface area (Å²) in [5.41, 5.74) is 3.41. The fourth-order valence-electron chi connectivity index (χ4n) is 2.78. The van der Waals surface area contributed by atoms with Crippen molar-refractivity contribution in [2.24, 2.45) is 0 Å². The van der Waals surface area contributed by atoms with Crippen LogP contribution in [0.3, 0.4) is 0 Å². The van der Waals surface area contributed by atoms with Gasteiger partial charge in [-0.05, 0) is 48.9 Å². The molecule has 5 nitrogen and oxygen atoms in total. The summed E-state index contributed by atoms with van der Waals surface area (Å²) < 4.78 is 0. The first-order valence-electron chi connectivity index (χ1n) is 8.14. The Labute approximate surface area is 152 Å². The Morgan fingerprint density at radius 1 is 1.12 bits per heavy atom. The minimum absolute atomic E-state index is 0.119. The molecule has 0 spiro atoms. The van der Waals surface area contributed by atoms with Crippen LogP contribution in [0.25, 0.3) is 0 Å². The molecule has 25 heavy (non-hydrogen) atoms. The molecule has 0 saturated carbocycles. The highest BCUT2D eigenvalue weighted by Crippen LogP contribution is 2.24. The van der Waals surface area contributed by atoms with Gasteiger partial charge in [-0.1, -0.05) is 17.7 Å². The molecule has 1 aliphatic rings. The van der Waals surface area contributed by atoms with Crippen molar-refractivity contribution in [3.05, 3.63) is 58.6 Å². The van der Waals surface area contributed by atoms with Crippen molar-refractivity contribution < 1.29 is 4.79 Å². The topological polar surface area (TPSA) is 59.4 Å². The van der Waals surface area contributed by atoms with Crippen LogP contribution in [0.2, 0.25) is 5.02 Å². The molecule has 0 unspecified atom stereocenters. The maximum atomic E-state index is 12.4. The molecule has 0 aromatic heterocycles. The lowest BCUT2D eigenvalue weighted by molar-refractivity contribution is 0.208. The fourth-order valence-corrected chi connectivity index (χ4v) is 2.95. The monoisotopic (exact) mass is 354 g/mol. The Hall–Kier alpha value is -2.71. The van der Waals surface area contributed by atoms with Crippen molar-refractivity contribution >= 4 is 29.0 Å². The molecule has 1 saturated heterocycles. The minimum Gasteiger partial charge on any atom is -0.368 e. The molecule has 2 amide bonds. The summed E-state index contributed by atoms with van der Waals surface area (Å²) in [5, 5.41) is 12.4. The Bertz CT molecular complexity index is 805. The number of benzene rings is 2. The van der Waals surface area contributed by atoms with E-state index in [9.17, 15) is 4.79 Å². The molecule has 1 heterocycles. The zero-order valence-corrected chi connectivity index (χ0v) is 14.8. The summed E-state index contributed by atoms with van der Waals surface area (Å²) in [7, 11) is 0. The van der Waals surface area contributed by atoms with E-state index in [4.69, 9.17) is 16.9 Å². The van der Waals surface area contributed by atoms with Gasteiger partial charge in [0.25, 0.3) is 0 Å². The molecule has 1 N–H and O–H groups in total. The zero-order valence-electron chi connectivity index (χ0n) is 14.0. The number of nitrogens with one attached hydrogen (secondary N) is 1. The molecule has 0 aliphatic carbocycles. The summed E-state index contributed by atoms with van der Waals surface area (Å²) in [6.45, 7) is 4.80. The molecule has 2 aromatic carbocycles. The number of hydrogen-bond donors (Lipinski definition) is 1. The number of nitrogens with zero attached hydrogens (tertiary/aromatic N) is 3. The molecule has 0 atom stereocenters. The number of hydrogen-bond acceptors (Lipinski definition) is 3. The summed E-state index contributed by atoms with van der Waals surface area (Å²) >= 11 is 6.20. The van der Waals surface area contributed by atoms with E-state index in [0.29, 0.717) is 24.3 Å².